The first kappa shape index (κ1) is 13.9. The number of nitrogen functional groups attached to an aromatic ring is 1. The monoisotopic (exact) mass is 262 g/mol. The number of anilines is 1. The van der Waals surface area contributed by atoms with Crippen molar-refractivity contribution in [2.75, 3.05) is 5.73 Å². The van der Waals surface area contributed by atoms with E-state index >= 15 is 0 Å². The quantitative estimate of drug-likeness (QED) is 0.797. The molecule has 2 heterocycles. The van der Waals surface area contributed by atoms with Gasteiger partial charge in [0.1, 0.15) is 0 Å². The van der Waals surface area contributed by atoms with Crippen molar-refractivity contribution in [1.82, 2.24) is 4.98 Å². The first-order valence-electron chi connectivity index (χ1n) is 6.20. The predicted octanol–water partition coefficient (Wildman–Crippen LogP) is 2.01. The predicted molar refractivity (Wildman–Crippen MR) is 75.4 cm³/mol. The molecule has 0 aliphatic carbocycles. The Labute approximate surface area is 113 Å². The van der Waals surface area contributed by atoms with E-state index in [2.05, 4.69) is 4.98 Å². The molecule has 1 aliphatic rings. The maximum absolute atomic E-state index is 9.30. The molecule has 6 heteroatoms. The van der Waals surface area contributed by atoms with Crippen LogP contribution in [0.4, 0.5) is 5.69 Å². The maximum Gasteiger partial charge on any atom is 0.487 e. The molecule has 0 radical (unpaired) electrons. The lowest BCUT2D eigenvalue weighted by Gasteiger charge is -2.32. The zero-order valence-corrected chi connectivity index (χ0v) is 11.7. The fraction of sp³-hybridized carbons (Fsp3) is 0.462. The number of pyridine rings is 1. The molecule has 0 spiro atoms. The number of hydrogen-bond acceptors (Lipinski definition) is 5. The molecule has 1 saturated heterocycles. The Morgan fingerprint density at radius 1 is 1.26 bits per heavy atom. The van der Waals surface area contributed by atoms with Crippen LogP contribution in [0.3, 0.4) is 0 Å². The van der Waals surface area contributed by atoms with Gasteiger partial charge in [0.05, 0.1) is 28.8 Å². The van der Waals surface area contributed by atoms with Crippen molar-refractivity contribution in [3.63, 3.8) is 0 Å². The van der Waals surface area contributed by atoms with E-state index in [4.69, 9.17) is 15.0 Å². The zero-order valence-electron chi connectivity index (χ0n) is 11.7. The molecule has 0 atom stereocenters. The topological polar surface area (TPSA) is 77.6 Å². The Bertz CT molecular complexity index is 499. The largest absolute Gasteiger partial charge is 0.504 e. The summed E-state index contributed by atoms with van der Waals surface area (Å²) in [4.78, 5) is 4.04. The maximum atomic E-state index is 9.30. The summed E-state index contributed by atoms with van der Waals surface area (Å²) >= 11 is 0. The smallest absolute Gasteiger partial charge is 0.487 e. The van der Waals surface area contributed by atoms with Gasteiger partial charge >= 0.3 is 7.12 Å². The number of hydrogen-bond donors (Lipinski definition) is 2. The van der Waals surface area contributed by atoms with E-state index in [9.17, 15) is 5.11 Å². The average molecular weight is 262 g/mol. The fourth-order valence-electron chi connectivity index (χ4n) is 1.72. The molecule has 102 valence electrons. The van der Waals surface area contributed by atoms with Crippen LogP contribution in [0.25, 0.3) is 6.08 Å². The van der Waals surface area contributed by atoms with Crippen LogP contribution in [0.1, 0.15) is 33.4 Å². The number of aromatic nitrogens is 1. The van der Waals surface area contributed by atoms with Crippen molar-refractivity contribution in [3.8, 4) is 5.75 Å². The first-order chi connectivity index (χ1) is 8.71. The molecule has 19 heavy (non-hydrogen) atoms. The van der Waals surface area contributed by atoms with Gasteiger partial charge in [-0.1, -0.05) is 5.98 Å². The number of nitrogens with two attached hydrogens (primary N) is 1. The SMILES string of the molecule is CC1(C)OB(/C=C/c2cc(N)c(O)cn2)OC1(C)C. The minimum atomic E-state index is -0.415. The van der Waals surface area contributed by atoms with Crippen LogP contribution in [0.15, 0.2) is 18.2 Å². The fourth-order valence-corrected chi connectivity index (χ4v) is 1.72. The summed E-state index contributed by atoms with van der Waals surface area (Å²) in [5.41, 5.74) is 5.83. The standard InChI is InChI=1S/C13H19BN2O3/c1-12(2)13(3,4)19-14(18-12)6-5-9-7-10(15)11(17)8-16-9/h5-8,17H,1-4H3,(H2,15,16)/b6-5+. The molecule has 0 saturated carbocycles. The lowest BCUT2D eigenvalue weighted by molar-refractivity contribution is 0.00578. The van der Waals surface area contributed by atoms with Gasteiger partial charge in [0.25, 0.3) is 0 Å². The van der Waals surface area contributed by atoms with Crippen LogP contribution in [-0.4, -0.2) is 28.4 Å². The molecular weight excluding hydrogens is 243 g/mol. The molecule has 1 aromatic heterocycles. The van der Waals surface area contributed by atoms with Crippen molar-refractivity contribution in [2.45, 2.75) is 38.9 Å². The highest BCUT2D eigenvalue weighted by atomic mass is 16.7. The molecule has 2 rings (SSSR count). The van der Waals surface area contributed by atoms with Gasteiger partial charge in [-0.3, -0.25) is 4.98 Å². The molecule has 1 aliphatic heterocycles. The van der Waals surface area contributed by atoms with Gasteiger partial charge in [-0.15, -0.1) is 0 Å². The summed E-state index contributed by atoms with van der Waals surface area (Å²) in [6.45, 7) is 7.99. The Kier molecular flexibility index (Phi) is 3.32. The normalized spacial score (nSPS) is 21.2. The molecule has 3 N–H and O–H groups in total. The van der Waals surface area contributed by atoms with Gasteiger partial charge in [-0.25, -0.2) is 0 Å². The average Bonchev–Trinajstić information content (AvgIpc) is 2.49. The third kappa shape index (κ3) is 2.74. The number of rotatable bonds is 2. The highest BCUT2D eigenvalue weighted by Crippen LogP contribution is 2.37. The van der Waals surface area contributed by atoms with Crippen molar-refractivity contribution in [3.05, 3.63) is 23.9 Å². The van der Waals surface area contributed by atoms with Gasteiger partial charge in [-0.05, 0) is 39.8 Å². The zero-order chi connectivity index (χ0) is 14.3. The van der Waals surface area contributed by atoms with E-state index in [0.717, 1.165) is 0 Å². The highest BCUT2D eigenvalue weighted by molar-refractivity contribution is 6.52. The van der Waals surface area contributed by atoms with E-state index in [-0.39, 0.29) is 17.0 Å². The second-order valence-corrected chi connectivity index (χ2v) is 5.65. The lowest BCUT2D eigenvalue weighted by Crippen LogP contribution is -2.41. The van der Waals surface area contributed by atoms with Crippen LogP contribution in [0.5, 0.6) is 5.75 Å². The minimum Gasteiger partial charge on any atom is -0.504 e. The van der Waals surface area contributed by atoms with Crippen LogP contribution in [-0.2, 0) is 9.31 Å². The highest BCUT2D eigenvalue weighted by Gasteiger charge is 2.49. The third-order valence-corrected chi connectivity index (χ3v) is 3.63. The molecule has 1 aromatic rings. The van der Waals surface area contributed by atoms with Crippen LogP contribution in [0.2, 0.25) is 0 Å². The van der Waals surface area contributed by atoms with E-state index < -0.39 is 7.12 Å². The van der Waals surface area contributed by atoms with E-state index in [1.54, 1.807) is 18.1 Å². The number of nitrogens with zero attached hydrogens (tertiary/aromatic N) is 1. The van der Waals surface area contributed by atoms with Gasteiger partial charge in [0, 0.05) is 0 Å². The van der Waals surface area contributed by atoms with E-state index in [1.807, 2.05) is 27.7 Å². The van der Waals surface area contributed by atoms with Crippen molar-refractivity contribution in [1.29, 1.82) is 0 Å². The minimum absolute atomic E-state index is 0.0206. The summed E-state index contributed by atoms with van der Waals surface area (Å²) in [7, 11) is -0.415. The lowest BCUT2D eigenvalue weighted by atomic mass is 9.89. The third-order valence-electron chi connectivity index (χ3n) is 3.63. The summed E-state index contributed by atoms with van der Waals surface area (Å²) in [5.74, 6) is 1.77. The Balaban J connectivity index is 2.10. The summed E-state index contributed by atoms with van der Waals surface area (Å²) in [6.07, 6.45) is 3.08. The van der Waals surface area contributed by atoms with Crippen LogP contribution >= 0.6 is 0 Å². The van der Waals surface area contributed by atoms with E-state index in [1.165, 1.54) is 6.20 Å². The van der Waals surface area contributed by atoms with E-state index in [0.29, 0.717) is 11.4 Å². The first-order valence-corrected chi connectivity index (χ1v) is 6.20. The van der Waals surface area contributed by atoms with Crippen molar-refractivity contribution in [2.24, 2.45) is 0 Å². The second-order valence-electron chi connectivity index (χ2n) is 5.65. The summed E-state index contributed by atoms with van der Waals surface area (Å²) < 4.78 is 11.6. The molecule has 0 amide bonds. The van der Waals surface area contributed by atoms with Gasteiger partial charge in [0.15, 0.2) is 5.75 Å². The van der Waals surface area contributed by atoms with Crippen molar-refractivity contribution >= 4 is 18.9 Å². The van der Waals surface area contributed by atoms with Crippen LogP contribution < -0.4 is 5.73 Å². The van der Waals surface area contributed by atoms with Gasteiger partial charge in [-0.2, -0.15) is 0 Å². The Hall–Kier alpha value is -1.53. The molecule has 0 aromatic carbocycles. The number of aromatic hydroxyl groups is 1. The second kappa shape index (κ2) is 4.54. The molecule has 5 nitrogen and oxygen atoms in total. The Morgan fingerprint density at radius 2 is 1.84 bits per heavy atom. The molecular formula is C13H19BN2O3. The molecule has 0 bridgehead atoms. The van der Waals surface area contributed by atoms with Gasteiger partial charge < -0.3 is 20.1 Å². The Morgan fingerprint density at radius 3 is 2.37 bits per heavy atom. The van der Waals surface area contributed by atoms with Gasteiger partial charge in [0.2, 0.25) is 0 Å². The van der Waals surface area contributed by atoms with Crippen molar-refractivity contribution < 1.29 is 14.4 Å². The summed E-state index contributed by atoms with van der Waals surface area (Å²) in [5, 5.41) is 9.30. The molecule has 1 fully saturated rings. The molecule has 0 unspecified atom stereocenters. The summed E-state index contributed by atoms with van der Waals surface area (Å²) in [6, 6.07) is 1.59. The van der Waals surface area contributed by atoms with Crippen LogP contribution in [0, 0.1) is 0 Å².